The lowest BCUT2D eigenvalue weighted by Gasteiger charge is -2.26. The summed E-state index contributed by atoms with van der Waals surface area (Å²) in [5, 5.41) is 2.87. The molecule has 8 nitrogen and oxygen atoms in total. The standard InChI is InChI=1S/C20H23N3O5S/c24-20(16-5-8-19-22-29(25,26)11-9-23(19)13-16)21-12-15-3-6-17(7-4-15)28-14-18-2-1-10-27-18/h3-8,13,18H,1-2,9-12,14H2,(H,21,24). The number of nitrogens with one attached hydrogen (secondary N) is 1. The lowest BCUT2D eigenvalue weighted by Crippen LogP contribution is -2.38. The summed E-state index contributed by atoms with van der Waals surface area (Å²) in [6.45, 7) is 2.03. The van der Waals surface area contributed by atoms with Crippen molar-refractivity contribution in [2.45, 2.75) is 25.5 Å². The second-order valence-electron chi connectivity index (χ2n) is 7.12. The number of fused-ring (bicyclic) bond motifs is 1. The van der Waals surface area contributed by atoms with Gasteiger partial charge < -0.3 is 19.7 Å². The lowest BCUT2D eigenvalue weighted by molar-refractivity contribution is -0.117. The van der Waals surface area contributed by atoms with Gasteiger partial charge in [0, 0.05) is 25.9 Å². The highest BCUT2D eigenvalue weighted by Gasteiger charge is 2.24. The number of hydrogen-bond donors (Lipinski definition) is 1. The molecule has 3 aliphatic heterocycles. The summed E-state index contributed by atoms with van der Waals surface area (Å²) in [6, 6.07) is 7.59. The largest absolute Gasteiger partial charge is 0.491 e. The van der Waals surface area contributed by atoms with E-state index in [2.05, 4.69) is 9.71 Å². The van der Waals surface area contributed by atoms with Gasteiger partial charge in [0.15, 0.2) is 0 Å². The number of benzene rings is 1. The highest BCUT2D eigenvalue weighted by molar-refractivity contribution is 7.90. The number of ether oxygens (including phenoxy) is 2. The Morgan fingerprint density at radius 2 is 2.10 bits per heavy atom. The molecule has 1 aromatic rings. The van der Waals surface area contributed by atoms with E-state index < -0.39 is 10.0 Å². The molecule has 3 aliphatic rings. The minimum Gasteiger partial charge on any atom is -0.491 e. The van der Waals surface area contributed by atoms with E-state index in [1.54, 1.807) is 23.3 Å². The monoisotopic (exact) mass is 417 g/mol. The first kappa shape index (κ1) is 19.7. The molecule has 1 fully saturated rings. The highest BCUT2D eigenvalue weighted by Crippen LogP contribution is 2.18. The van der Waals surface area contributed by atoms with Gasteiger partial charge in [-0.3, -0.25) is 4.79 Å². The first-order valence-electron chi connectivity index (χ1n) is 9.59. The molecule has 0 radical (unpaired) electrons. The third-order valence-corrected chi connectivity index (χ3v) is 6.09. The van der Waals surface area contributed by atoms with Crippen LogP contribution >= 0.6 is 0 Å². The number of rotatable bonds is 6. The maximum absolute atomic E-state index is 12.4. The molecule has 0 aliphatic carbocycles. The van der Waals surface area contributed by atoms with Gasteiger partial charge in [0.1, 0.15) is 18.2 Å². The number of carbonyl (C=O) groups is 1. The zero-order valence-electron chi connectivity index (χ0n) is 15.9. The lowest BCUT2D eigenvalue weighted by atomic mass is 10.1. The fourth-order valence-corrected chi connectivity index (χ4v) is 4.26. The molecular weight excluding hydrogens is 394 g/mol. The van der Waals surface area contributed by atoms with Crippen molar-refractivity contribution >= 4 is 21.8 Å². The van der Waals surface area contributed by atoms with Crippen molar-refractivity contribution in [3.05, 3.63) is 53.8 Å². The smallest absolute Gasteiger partial charge is 0.256 e. The van der Waals surface area contributed by atoms with Gasteiger partial charge in [0.25, 0.3) is 15.9 Å². The SMILES string of the molecule is O=C(NCc1ccc(OCC2CCCO2)cc1)C1=CN2CCS(=O)(=O)N=C2C=C1. The van der Waals surface area contributed by atoms with Crippen molar-refractivity contribution in [2.75, 3.05) is 25.5 Å². The van der Waals surface area contributed by atoms with Gasteiger partial charge in [-0.25, -0.2) is 8.42 Å². The molecule has 3 heterocycles. The number of sulfonamides is 1. The second-order valence-corrected chi connectivity index (χ2v) is 8.87. The molecule has 1 N–H and O–H groups in total. The van der Waals surface area contributed by atoms with Crippen LogP contribution in [0.25, 0.3) is 0 Å². The number of amides is 1. The van der Waals surface area contributed by atoms with Gasteiger partial charge in [0.2, 0.25) is 0 Å². The summed E-state index contributed by atoms with van der Waals surface area (Å²) >= 11 is 0. The predicted molar refractivity (Wildman–Crippen MR) is 108 cm³/mol. The van der Waals surface area contributed by atoms with Gasteiger partial charge in [-0.2, -0.15) is 0 Å². The number of hydrogen-bond acceptors (Lipinski definition) is 6. The molecule has 9 heteroatoms. The summed E-state index contributed by atoms with van der Waals surface area (Å²) in [5.74, 6) is 0.830. The van der Waals surface area contributed by atoms with Gasteiger partial charge >= 0.3 is 0 Å². The number of carbonyl (C=O) groups excluding carboxylic acids is 1. The Morgan fingerprint density at radius 1 is 1.28 bits per heavy atom. The van der Waals surface area contributed by atoms with Gasteiger partial charge in [-0.15, -0.1) is 4.40 Å². The van der Waals surface area contributed by atoms with Crippen molar-refractivity contribution in [2.24, 2.45) is 4.40 Å². The fourth-order valence-electron chi connectivity index (χ4n) is 3.29. The van der Waals surface area contributed by atoms with Crippen LogP contribution in [0.4, 0.5) is 0 Å². The van der Waals surface area contributed by atoms with Crippen molar-refractivity contribution in [1.82, 2.24) is 10.2 Å². The van der Waals surface area contributed by atoms with Crippen LogP contribution in [0.2, 0.25) is 0 Å². The molecule has 0 bridgehead atoms. The Bertz CT molecular complexity index is 960. The van der Waals surface area contributed by atoms with Crippen LogP contribution in [0.5, 0.6) is 5.75 Å². The molecular formula is C20H23N3O5S. The average molecular weight is 417 g/mol. The minimum atomic E-state index is -3.40. The summed E-state index contributed by atoms with van der Waals surface area (Å²) in [6.07, 6.45) is 7.05. The molecule has 29 heavy (non-hydrogen) atoms. The summed E-state index contributed by atoms with van der Waals surface area (Å²) in [5.41, 5.74) is 1.41. The first-order valence-corrected chi connectivity index (χ1v) is 11.2. The number of amidine groups is 1. The van der Waals surface area contributed by atoms with Crippen molar-refractivity contribution < 1.29 is 22.7 Å². The van der Waals surface area contributed by atoms with E-state index in [0.29, 0.717) is 24.6 Å². The molecule has 1 amide bonds. The van der Waals surface area contributed by atoms with Crippen LogP contribution < -0.4 is 10.1 Å². The summed E-state index contributed by atoms with van der Waals surface area (Å²) < 4.78 is 38.1. The molecule has 1 aromatic carbocycles. The van der Waals surface area contributed by atoms with Crippen molar-refractivity contribution in [3.8, 4) is 5.75 Å². The zero-order chi connectivity index (χ0) is 20.3. The van der Waals surface area contributed by atoms with E-state index >= 15 is 0 Å². The van der Waals surface area contributed by atoms with E-state index in [0.717, 1.165) is 30.8 Å². The normalized spacial score (nSPS) is 22.5. The Morgan fingerprint density at radius 3 is 2.86 bits per heavy atom. The molecule has 4 rings (SSSR count). The molecule has 0 saturated carbocycles. The van der Waals surface area contributed by atoms with E-state index in [4.69, 9.17) is 9.47 Å². The second kappa shape index (κ2) is 8.38. The minimum absolute atomic E-state index is 0.0585. The van der Waals surface area contributed by atoms with Crippen molar-refractivity contribution in [3.63, 3.8) is 0 Å². The molecule has 1 unspecified atom stereocenters. The maximum Gasteiger partial charge on any atom is 0.256 e. The van der Waals surface area contributed by atoms with Crippen LogP contribution in [-0.4, -0.2) is 56.7 Å². The highest BCUT2D eigenvalue weighted by atomic mass is 32.2. The fraction of sp³-hybridized carbons (Fsp3) is 0.400. The van der Waals surface area contributed by atoms with Crippen LogP contribution in [-0.2, 0) is 26.1 Å². The van der Waals surface area contributed by atoms with E-state index in [9.17, 15) is 13.2 Å². The van der Waals surface area contributed by atoms with Crippen LogP contribution in [0.1, 0.15) is 18.4 Å². The zero-order valence-corrected chi connectivity index (χ0v) is 16.7. The molecule has 0 aromatic heterocycles. The topological polar surface area (TPSA) is 97.3 Å². The molecule has 0 spiro atoms. The van der Waals surface area contributed by atoms with Gasteiger partial charge in [0.05, 0.1) is 17.4 Å². The average Bonchev–Trinajstić information content (AvgIpc) is 3.24. The van der Waals surface area contributed by atoms with E-state index in [-0.39, 0.29) is 24.3 Å². The van der Waals surface area contributed by atoms with Crippen molar-refractivity contribution in [1.29, 1.82) is 0 Å². The summed E-state index contributed by atoms with van der Waals surface area (Å²) in [7, 11) is -3.40. The van der Waals surface area contributed by atoms with Crippen LogP contribution in [0.15, 0.2) is 52.6 Å². The Kier molecular flexibility index (Phi) is 5.68. The Labute approximate surface area is 169 Å². The third-order valence-electron chi connectivity index (χ3n) is 4.92. The Balaban J connectivity index is 1.28. The molecule has 1 saturated heterocycles. The summed E-state index contributed by atoms with van der Waals surface area (Å²) in [4.78, 5) is 14.1. The third kappa shape index (κ3) is 5.04. The van der Waals surface area contributed by atoms with Gasteiger partial charge in [-0.1, -0.05) is 12.1 Å². The van der Waals surface area contributed by atoms with Gasteiger partial charge in [-0.05, 0) is 42.7 Å². The van der Waals surface area contributed by atoms with E-state index in [1.165, 1.54) is 0 Å². The quantitative estimate of drug-likeness (QED) is 0.751. The maximum atomic E-state index is 12.4. The predicted octanol–water partition coefficient (Wildman–Crippen LogP) is 1.36. The molecule has 1 atom stereocenters. The van der Waals surface area contributed by atoms with Crippen LogP contribution in [0.3, 0.4) is 0 Å². The number of nitrogens with zero attached hydrogens (tertiary/aromatic N) is 2. The first-order chi connectivity index (χ1) is 14.0. The molecule has 154 valence electrons. The Hall–Kier alpha value is -2.65. The van der Waals surface area contributed by atoms with Crippen LogP contribution in [0, 0.1) is 0 Å². The van der Waals surface area contributed by atoms with E-state index in [1.807, 2.05) is 24.3 Å².